The van der Waals surface area contributed by atoms with Gasteiger partial charge in [0.15, 0.2) is 0 Å². The monoisotopic (exact) mass is 266 g/mol. The van der Waals surface area contributed by atoms with Gasteiger partial charge in [0.05, 0.1) is 0 Å². The molecule has 3 nitrogen and oxygen atoms in total. The molecule has 3 heteroatoms. The molecule has 1 unspecified atom stereocenters. The maximum Gasteiger partial charge on any atom is 0.228 e. The van der Waals surface area contributed by atoms with Crippen molar-refractivity contribution in [2.24, 2.45) is 11.3 Å². The summed E-state index contributed by atoms with van der Waals surface area (Å²) in [5.41, 5.74) is -0.101. The highest BCUT2D eigenvalue weighted by molar-refractivity contribution is 5.82. The van der Waals surface area contributed by atoms with Gasteiger partial charge in [0.25, 0.3) is 0 Å². The summed E-state index contributed by atoms with van der Waals surface area (Å²) in [7, 11) is 0. The number of nitrogens with one attached hydrogen (secondary N) is 1. The Morgan fingerprint density at radius 1 is 1.26 bits per heavy atom. The summed E-state index contributed by atoms with van der Waals surface area (Å²) in [6.07, 6.45) is 8.35. The zero-order valence-corrected chi connectivity index (χ0v) is 12.7. The third-order valence-electron chi connectivity index (χ3n) is 5.06. The number of likely N-dealkylation sites (tertiary alicyclic amines) is 1. The first-order valence-corrected chi connectivity index (χ1v) is 8.16. The van der Waals surface area contributed by atoms with Crippen molar-refractivity contribution in [2.45, 2.75) is 58.8 Å². The number of carbonyl (C=O) groups excluding carboxylic acids is 1. The lowest BCUT2D eigenvalue weighted by Crippen LogP contribution is -2.48. The predicted octanol–water partition coefficient (Wildman–Crippen LogP) is 2.80. The van der Waals surface area contributed by atoms with Gasteiger partial charge in [0, 0.05) is 18.5 Å². The standard InChI is InChI=1S/C16H30N2O/c1-3-5-14-6-4-12-18(13-7-14)15(19)16(2)8-10-17-11-9-16/h14,17H,3-13H2,1-2H3. The second kappa shape index (κ2) is 6.74. The number of amides is 1. The number of carbonyl (C=O) groups is 1. The third kappa shape index (κ3) is 3.71. The molecular formula is C16H30N2O. The van der Waals surface area contributed by atoms with Crippen LogP contribution >= 0.6 is 0 Å². The van der Waals surface area contributed by atoms with E-state index < -0.39 is 0 Å². The molecule has 110 valence electrons. The molecule has 0 aliphatic carbocycles. The lowest BCUT2D eigenvalue weighted by atomic mass is 9.79. The fraction of sp³-hybridized carbons (Fsp3) is 0.938. The molecule has 19 heavy (non-hydrogen) atoms. The zero-order valence-electron chi connectivity index (χ0n) is 12.7. The number of hydrogen-bond acceptors (Lipinski definition) is 2. The normalized spacial score (nSPS) is 27.9. The van der Waals surface area contributed by atoms with Gasteiger partial charge in [0.1, 0.15) is 0 Å². The van der Waals surface area contributed by atoms with Crippen LogP contribution < -0.4 is 5.32 Å². The van der Waals surface area contributed by atoms with Crippen molar-refractivity contribution in [3.05, 3.63) is 0 Å². The Morgan fingerprint density at radius 2 is 2.00 bits per heavy atom. The van der Waals surface area contributed by atoms with Gasteiger partial charge in [0.2, 0.25) is 5.91 Å². The van der Waals surface area contributed by atoms with Crippen LogP contribution in [0.2, 0.25) is 0 Å². The topological polar surface area (TPSA) is 32.3 Å². The van der Waals surface area contributed by atoms with Crippen molar-refractivity contribution in [2.75, 3.05) is 26.2 Å². The second-order valence-electron chi connectivity index (χ2n) is 6.69. The Bertz CT molecular complexity index is 297. The molecule has 0 aromatic rings. The van der Waals surface area contributed by atoms with Crippen molar-refractivity contribution >= 4 is 5.91 Å². The van der Waals surface area contributed by atoms with Gasteiger partial charge in [-0.25, -0.2) is 0 Å². The summed E-state index contributed by atoms with van der Waals surface area (Å²) in [6.45, 7) is 8.41. The molecule has 2 aliphatic heterocycles. The summed E-state index contributed by atoms with van der Waals surface area (Å²) >= 11 is 0. The zero-order chi connectivity index (χ0) is 13.7. The van der Waals surface area contributed by atoms with E-state index in [1.807, 2.05) is 0 Å². The minimum Gasteiger partial charge on any atom is -0.342 e. The minimum atomic E-state index is -0.101. The van der Waals surface area contributed by atoms with Crippen molar-refractivity contribution in [1.82, 2.24) is 10.2 Å². The van der Waals surface area contributed by atoms with Crippen LogP contribution in [0.5, 0.6) is 0 Å². The molecular weight excluding hydrogens is 236 g/mol. The summed E-state index contributed by atoms with van der Waals surface area (Å²) in [6, 6.07) is 0. The van der Waals surface area contributed by atoms with E-state index in [-0.39, 0.29) is 5.41 Å². The quantitative estimate of drug-likeness (QED) is 0.852. The largest absolute Gasteiger partial charge is 0.342 e. The van der Waals surface area contributed by atoms with Crippen molar-refractivity contribution in [3.8, 4) is 0 Å². The summed E-state index contributed by atoms with van der Waals surface area (Å²) in [5, 5.41) is 3.36. The molecule has 0 aromatic heterocycles. The molecule has 1 amide bonds. The average molecular weight is 266 g/mol. The highest BCUT2D eigenvalue weighted by atomic mass is 16.2. The minimum absolute atomic E-state index is 0.101. The maximum absolute atomic E-state index is 12.8. The molecule has 0 radical (unpaired) electrons. The van der Waals surface area contributed by atoms with Gasteiger partial charge < -0.3 is 10.2 Å². The number of nitrogens with zero attached hydrogens (tertiary/aromatic N) is 1. The van der Waals surface area contributed by atoms with Gasteiger partial charge in [-0.1, -0.05) is 26.7 Å². The summed E-state index contributed by atoms with van der Waals surface area (Å²) in [4.78, 5) is 15.0. The Balaban J connectivity index is 1.92. The van der Waals surface area contributed by atoms with Crippen LogP contribution in [0.25, 0.3) is 0 Å². The lowest BCUT2D eigenvalue weighted by Gasteiger charge is -2.37. The van der Waals surface area contributed by atoms with Crippen LogP contribution in [0.3, 0.4) is 0 Å². The van der Waals surface area contributed by atoms with Gasteiger partial charge in [-0.05, 0) is 51.1 Å². The van der Waals surface area contributed by atoms with Gasteiger partial charge in [-0.15, -0.1) is 0 Å². The molecule has 2 aliphatic rings. The lowest BCUT2D eigenvalue weighted by molar-refractivity contribution is -0.142. The highest BCUT2D eigenvalue weighted by Gasteiger charge is 2.37. The van der Waals surface area contributed by atoms with Crippen LogP contribution in [-0.4, -0.2) is 37.0 Å². The predicted molar refractivity (Wildman–Crippen MR) is 79.0 cm³/mol. The maximum atomic E-state index is 12.8. The van der Waals surface area contributed by atoms with Gasteiger partial charge in [-0.3, -0.25) is 4.79 Å². The average Bonchev–Trinajstić information content (AvgIpc) is 2.65. The van der Waals surface area contributed by atoms with Crippen LogP contribution in [0.15, 0.2) is 0 Å². The highest BCUT2D eigenvalue weighted by Crippen LogP contribution is 2.32. The molecule has 1 N–H and O–H groups in total. The van der Waals surface area contributed by atoms with E-state index >= 15 is 0 Å². The smallest absolute Gasteiger partial charge is 0.228 e. The first-order chi connectivity index (χ1) is 9.15. The van der Waals surface area contributed by atoms with Crippen LogP contribution in [0.1, 0.15) is 58.8 Å². The SMILES string of the molecule is CCCC1CCCN(C(=O)C2(C)CCNCC2)CC1. The molecule has 2 heterocycles. The molecule has 2 rings (SSSR count). The van der Waals surface area contributed by atoms with Crippen LogP contribution in [-0.2, 0) is 4.79 Å². The Morgan fingerprint density at radius 3 is 2.68 bits per heavy atom. The van der Waals surface area contributed by atoms with Gasteiger partial charge >= 0.3 is 0 Å². The van der Waals surface area contributed by atoms with Crippen LogP contribution in [0, 0.1) is 11.3 Å². The van der Waals surface area contributed by atoms with E-state index in [1.165, 1.54) is 32.1 Å². The number of hydrogen-bond donors (Lipinski definition) is 1. The van der Waals surface area contributed by atoms with Crippen molar-refractivity contribution in [1.29, 1.82) is 0 Å². The first kappa shape index (κ1) is 14.8. The van der Waals surface area contributed by atoms with E-state index in [1.54, 1.807) is 0 Å². The van der Waals surface area contributed by atoms with Gasteiger partial charge in [-0.2, -0.15) is 0 Å². The van der Waals surface area contributed by atoms with E-state index in [4.69, 9.17) is 0 Å². The van der Waals surface area contributed by atoms with E-state index in [0.29, 0.717) is 5.91 Å². The third-order valence-corrected chi connectivity index (χ3v) is 5.06. The van der Waals surface area contributed by atoms with Crippen LogP contribution in [0.4, 0.5) is 0 Å². The molecule has 2 fully saturated rings. The molecule has 0 bridgehead atoms. The Kier molecular flexibility index (Phi) is 5.26. The fourth-order valence-electron chi connectivity index (χ4n) is 3.64. The van der Waals surface area contributed by atoms with E-state index in [0.717, 1.165) is 44.9 Å². The number of rotatable bonds is 3. The molecule has 0 aromatic carbocycles. The van der Waals surface area contributed by atoms with E-state index in [9.17, 15) is 4.79 Å². The number of piperidine rings is 1. The van der Waals surface area contributed by atoms with E-state index in [2.05, 4.69) is 24.1 Å². The second-order valence-corrected chi connectivity index (χ2v) is 6.69. The summed E-state index contributed by atoms with van der Waals surface area (Å²) < 4.78 is 0. The van der Waals surface area contributed by atoms with Crippen molar-refractivity contribution < 1.29 is 4.79 Å². The molecule has 0 spiro atoms. The first-order valence-electron chi connectivity index (χ1n) is 8.16. The fourth-order valence-corrected chi connectivity index (χ4v) is 3.64. The van der Waals surface area contributed by atoms with Crippen molar-refractivity contribution in [3.63, 3.8) is 0 Å². The summed E-state index contributed by atoms with van der Waals surface area (Å²) in [5.74, 6) is 1.27. The Hall–Kier alpha value is -0.570. The Labute approximate surface area is 118 Å². The molecule has 0 saturated carbocycles. The molecule has 2 saturated heterocycles. The molecule has 1 atom stereocenters.